The Bertz CT molecular complexity index is 1160. The van der Waals surface area contributed by atoms with E-state index >= 15 is 0 Å². The van der Waals surface area contributed by atoms with Crippen LogP contribution in [0.25, 0.3) is 10.9 Å². The fourth-order valence-electron chi connectivity index (χ4n) is 2.38. The van der Waals surface area contributed by atoms with Crippen LogP contribution in [-0.4, -0.2) is 27.0 Å². The second kappa shape index (κ2) is 8.54. The molecule has 0 aliphatic rings. The zero-order valence-corrected chi connectivity index (χ0v) is 16.3. The van der Waals surface area contributed by atoms with Crippen molar-refractivity contribution in [3.05, 3.63) is 64.8 Å². The minimum Gasteiger partial charge on any atom is -0.466 e. The van der Waals surface area contributed by atoms with Gasteiger partial charge in [0.05, 0.1) is 18.6 Å². The second-order valence-electron chi connectivity index (χ2n) is 5.77. The van der Waals surface area contributed by atoms with E-state index in [0.717, 1.165) is 37.5 Å². The molecule has 0 fully saturated rings. The number of rotatable bonds is 5. The lowest BCUT2D eigenvalue weighted by molar-refractivity contribution is -0.134. The molecular formula is C19H13F4NO5S. The number of carbonyl (C=O) groups excluding carboxylic acids is 1. The standard InChI is InChI=1S/C19H13F4NO5S/c1-11-15(4-7-18(25)28-3)17(30(26,27)19(21,22)23)6-5-16(11)29-14-9-12(20)8-13(10-14)24-2/h4-10H,1,3H3/b7-4+. The summed E-state index contributed by atoms with van der Waals surface area (Å²) >= 11 is 0. The second-order valence-corrected chi connectivity index (χ2v) is 7.67. The molecule has 0 saturated carbocycles. The molecule has 158 valence electrons. The smallest absolute Gasteiger partial charge is 0.466 e. The van der Waals surface area contributed by atoms with Crippen LogP contribution in [0.3, 0.4) is 0 Å². The van der Waals surface area contributed by atoms with E-state index in [4.69, 9.17) is 11.3 Å². The minimum atomic E-state index is -5.75. The van der Waals surface area contributed by atoms with Gasteiger partial charge in [0.15, 0.2) is 5.69 Å². The molecule has 0 aliphatic carbocycles. The predicted molar refractivity (Wildman–Crippen MR) is 98.2 cm³/mol. The molecule has 2 aromatic rings. The van der Waals surface area contributed by atoms with Gasteiger partial charge in [0.1, 0.15) is 17.3 Å². The van der Waals surface area contributed by atoms with Crippen molar-refractivity contribution in [2.75, 3.05) is 7.11 Å². The number of esters is 1. The van der Waals surface area contributed by atoms with Crippen LogP contribution in [0.5, 0.6) is 11.5 Å². The van der Waals surface area contributed by atoms with Gasteiger partial charge in [-0.2, -0.15) is 13.2 Å². The van der Waals surface area contributed by atoms with Gasteiger partial charge < -0.3 is 9.47 Å². The van der Waals surface area contributed by atoms with Crippen molar-refractivity contribution in [3.63, 3.8) is 0 Å². The SMILES string of the molecule is [C-]#[N+]c1cc(F)cc(Oc2ccc(S(=O)(=O)C(F)(F)F)c(/C=C/C(=O)OC)c2C)c1. The molecule has 0 amide bonds. The van der Waals surface area contributed by atoms with Crippen LogP contribution >= 0.6 is 0 Å². The monoisotopic (exact) mass is 443 g/mol. The number of sulfone groups is 1. The van der Waals surface area contributed by atoms with Gasteiger partial charge in [0.2, 0.25) is 0 Å². The average molecular weight is 443 g/mol. The van der Waals surface area contributed by atoms with Crippen LogP contribution in [0.1, 0.15) is 11.1 Å². The first-order valence-corrected chi connectivity index (χ1v) is 9.46. The number of alkyl halides is 3. The van der Waals surface area contributed by atoms with Crippen molar-refractivity contribution in [2.45, 2.75) is 17.3 Å². The molecule has 0 atom stereocenters. The van der Waals surface area contributed by atoms with Gasteiger partial charge in [-0.25, -0.2) is 22.4 Å². The molecule has 0 saturated heterocycles. The van der Waals surface area contributed by atoms with Crippen LogP contribution < -0.4 is 4.74 Å². The summed E-state index contributed by atoms with van der Waals surface area (Å²) in [7, 11) is -4.72. The molecule has 6 nitrogen and oxygen atoms in total. The predicted octanol–water partition coefficient (Wildman–Crippen LogP) is 4.96. The number of carbonyl (C=O) groups is 1. The minimum absolute atomic E-state index is 0.0749. The molecule has 0 spiro atoms. The quantitative estimate of drug-likeness (QED) is 0.283. The topological polar surface area (TPSA) is 74.0 Å². The Balaban J connectivity index is 2.66. The normalized spacial score (nSPS) is 11.9. The Hall–Kier alpha value is -3.39. The Morgan fingerprint density at radius 1 is 1.20 bits per heavy atom. The Labute approximate surface area is 169 Å². The number of nitrogens with zero attached hydrogens (tertiary/aromatic N) is 1. The van der Waals surface area contributed by atoms with E-state index in [1.807, 2.05) is 0 Å². The molecule has 0 aliphatic heterocycles. The van der Waals surface area contributed by atoms with Crippen LogP contribution in [0.2, 0.25) is 0 Å². The highest BCUT2D eigenvalue weighted by atomic mass is 32.2. The van der Waals surface area contributed by atoms with E-state index in [1.54, 1.807) is 0 Å². The number of methoxy groups -OCH3 is 1. The third kappa shape index (κ3) is 4.77. The lowest BCUT2D eigenvalue weighted by Crippen LogP contribution is -2.24. The van der Waals surface area contributed by atoms with Gasteiger partial charge in [-0.15, -0.1) is 0 Å². The summed E-state index contributed by atoms with van der Waals surface area (Å²) < 4.78 is 86.5. The van der Waals surface area contributed by atoms with E-state index in [9.17, 15) is 30.8 Å². The molecule has 0 aromatic heterocycles. The third-order valence-electron chi connectivity index (χ3n) is 3.82. The highest BCUT2D eigenvalue weighted by molar-refractivity contribution is 7.92. The number of halogens is 4. The Kier molecular flexibility index (Phi) is 6.52. The lowest BCUT2D eigenvalue weighted by Gasteiger charge is -2.16. The zero-order valence-electron chi connectivity index (χ0n) is 15.5. The summed E-state index contributed by atoms with van der Waals surface area (Å²) in [5, 5.41) is 0. The number of ether oxygens (including phenoxy) is 2. The van der Waals surface area contributed by atoms with Gasteiger partial charge in [-0.1, -0.05) is 0 Å². The highest BCUT2D eigenvalue weighted by Gasteiger charge is 2.48. The summed E-state index contributed by atoms with van der Waals surface area (Å²) in [5.41, 5.74) is -6.20. The molecule has 2 aromatic carbocycles. The van der Waals surface area contributed by atoms with Gasteiger partial charge >= 0.3 is 11.5 Å². The van der Waals surface area contributed by atoms with Crippen LogP contribution in [0.15, 0.2) is 41.3 Å². The molecule has 30 heavy (non-hydrogen) atoms. The Morgan fingerprint density at radius 3 is 2.43 bits per heavy atom. The molecule has 0 unspecified atom stereocenters. The summed E-state index contributed by atoms with van der Waals surface area (Å²) in [6.07, 6.45) is 1.60. The van der Waals surface area contributed by atoms with Gasteiger partial charge in [-0.05, 0) is 37.3 Å². The summed E-state index contributed by atoms with van der Waals surface area (Å²) in [6, 6.07) is 4.72. The van der Waals surface area contributed by atoms with Crippen molar-refractivity contribution < 1.29 is 40.2 Å². The zero-order chi connectivity index (χ0) is 22.7. The summed E-state index contributed by atoms with van der Waals surface area (Å²) in [6.45, 7) is 8.20. The van der Waals surface area contributed by atoms with E-state index < -0.39 is 37.6 Å². The first-order valence-electron chi connectivity index (χ1n) is 7.97. The van der Waals surface area contributed by atoms with Crippen molar-refractivity contribution in [1.82, 2.24) is 0 Å². The molecule has 11 heteroatoms. The lowest BCUT2D eigenvalue weighted by atomic mass is 10.1. The highest BCUT2D eigenvalue weighted by Crippen LogP contribution is 2.38. The summed E-state index contributed by atoms with van der Waals surface area (Å²) in [4.78, 5) is 13.3. The van der Waals surface area contributed by atoms with Crippen LogP contribution in [0, 0.1) is 19.3 Å². The molecule has 0 N–H and O–H groups in total. The van der Waals surface area contributed by atoms with Gasteiger partial charge in [0, 0.05) is 23.3 Å². The first-order chi connectivity index (χ1) is 13.9. The maximum absolute atomic E-state index is 13.6. The van der Waals surface area contributed by atoms with E-state index in [2.05, 4.69) is 9.58 Å². The van der Waals surface area contributed by atoms with Crippen molar-refractivity contribution in [3.8, 4) is 11.5 Å². The number of hydrogen-bond donors (Lipinski definition) is 0. The fraction of sp³-hybridized carbons (Fsp3) is 0.158. The first kappa shape index (κ1) is 22.9. The van der Waals surface area contributed by atoms with Gasteiger partial charge in [0.25, 0.3) is 9.84 Å². The molecule has 0 bridgehead atoms. The molecule has 0 radical (unpaired) electrons. The number of hydrogen-bond acceptors (Lipinski definition) is 5. The maximum Gasteiger partial charge on any atom is 0.501 e. The van der Waals surface area contributed by atoms with Crippen molar-refractivity contribution in [2.24, 2.45) is 0 Å². The molecule has 0 heterocycles. The van der Waals surface area contributed by atoms with Gasteiger partial charge in [-0.3, -0.25) is 0 Å². The summed E-state index contributed by atoms with van der Waals surface area (Å²) in [5.74, 6) is -1.94. The number of benzene rings is 2. The van der Waals surface area contributed by atoms with Crippen molar-refractivity contribution in [1.29, 1.82) is 0 Å². The van der Waals surface area contributed by atoms with E-state index in [-0.39, 0.29) is 22.7 Å². The maximum atomic E-state index is 13.6. The average Bonchev–Trinajstić information content (AvgIpc) is 2.66. The van der Waals surface area contributed by atoms with Crippen LogP contribution in [0.4, 0.5) is 23.2 Å². The fourth-order valence-corrected chi connectivity index (χ4v) is 3.39. The third-order valence-corrected chi connectivity index (χ3v) is 5.36. The largest absolute Gasteiger partial charge is 0.501 e. The van der Waals surface area contributed by atoms with E-state index in [1.165, 1.54) is 13.0 Å². The Morgan fingerprint density at radius 2 is 1.87 bits per heavy atom. The van der Waals surface area contributed by atoms with Crippen molar-refractivity contribution >= 4 is 27.6 Å². The molecule has 2 rings (SSSR count). The van der Waals surface area contributed by atoms with Crippen LogP contribution in [-0.2, 0) is 19.4 Å². The molecular weight excluding hydrogens is 430 g/mol. The van der Waals surface area contributed by atoms with E-state index in [0.29, 0.717) is 6.07 Å².